The molecule has 1 amide bonds. The number of aromatic nitrogens is 2. The van der Waals surface area contributed by atoms with Gasteiger partial charge in [0.05, 0.1) is 12.3 Å². The molecule has 0 fully saturated rings. The van der Waals surface area contributed by atoms with E-state index in [1.165, 1.54) is 0 Å². The molecule has 0 spiro atoms. The van der Waals surface area contributed by atoms with Crippen LogP contribution in [0.15, 0.2) is 30.5 Å². The van der Waals surface area contributed by atoms with E-state index >= 15 is 0 Å². The van der Waals surface area contributed by atoms with Crippen LogP contribution in [0.4, 0.5) is 5.69 Å². The summed E-state index contributed by atoms with van der Waals surface area (Å²) in [5, 5.41) is 16.1. The lowest BCUT2D eigenvalue weighted by atomic mass is 10.1. The van der Waals surface area contributed by atoms with Crippen LogP contribution in [0.1, 0.15) is 22.5 Å². The number of carbonyl (C=O) groups excluding carboxylic acids is 1. The molecule has 21 heavy (non-hydrogen) atoms. The highest BCUT2D eigenvalue weighted by Crippen LogP contribution is 2.20. The third-order valence-electron chi connectivity index (χ3n) is 2.64. The fourth-order valence-electron chi connectivity index (χ4n) is 1.67. The van der Waals surface area contributed by atoms with E-state index in [9.17, 15) is 4.79 Å². The summed E-state index contributed by atoms with van der Waals surface area (Å²) in [6.07, 6.45) is 2.05. The van der Waals surface area contributed by atoms with E-state index in [0.29, 0.717) is 28.4 Å². The van der Waals surface area contributed by atoms with Gasteiger partial charge in [-0.2, -0.15) is 5.10 Å². The maximum atomic E-state index is 12.1. The van der Waals surface area contributed by atoms with Gasteiger partial charge in [0.2, 0.25) is 0 Å². The average Bonchev–Trinajstić information content (AvgIpc) is 2.88. The predicted octanol–water partition coefficient (Wildman–Crippen LogP) is 2.06. The Kier molecular flexibility index (Phi) is 4.99. The van der Waals surface area contributed by atoms with Crippen molar-refractivity contribution in [1.82, 2.24) is 9.78 Å². The van der Waals surface area contributed by atoms with Crippen LogP contribution in [0.25, 0.3) is 0 Å². The Morgan fingerprint density at radius 3 is 2.95 bits per heavy atom. The van der Waals surface area contributed by atoms with Crippen molar-refractivity contribution >= 4 is 23.2 Å². The first-order valence-corrected chi connectivity index (χ1v) is 6.68. The van der Waals surface area contributed by atoms with Crippen molar-refractivity contribution in [2.75, 3.05) is 11.9 Å². The number of benzene rings is 1. The number of anilines is 1. The summed E-state index contributed by atoms with van der Waals surface area (Å²) >= 11 is 5.94. The van der Waals surface area contributed by atoms with Gasteiger partial charge in [-0.3, -0.25) is 9.48 Å². The molecule has 0 radical (unpaired) electrons. The van der Waals surface area contributed by atoms with E-state index in [2.05, 4.69) is 22.3 Å². The normalized spacial score (nSPS) is 9.86. The minimum atomic E-state index is -0.317. The molecule has 2 rings (SSSR count). The summed E-state index contributed by atoms with van der Waals surface area (Å²) in [4.78, 5) is 12.1. The topological polar surface area (TPSA) is 67.2 Å². The first-order valence-electron chi connectivity index (χ1n) is 6.30. The smallest absolute Gasteiger partial charge is 0.276 e. The highest BCUT2D eigenvalue weighted by molar-refractivity contribution is 6.30. The number of amides is 1. The van der Waals surface area contributed by atoms with Gasteiger partial charge in [-0.1, -0.05) is 23.4 Å². The molecule has 1 aromatic heterocycles. The van der Waals surface area contributed by atoms with Crippen molar-refractivity contribution in [3.63, 3.8) is 0 Å². The SMILES string of the molecule is Cn1ccc(C(=O)Nc2ccc(Cl)cc2C#CCCO)n1. The number of aryl methyl sites for hydroxylation is 1. The Balaban J connectivity index is 2.23. The third kappa shape index (κ3) is 4.09. The molecule has 1 heterocycles. The van der Waals surface area contributed by atoms with Gasteiger partial charge in [0.25, 0.3) is 5.91 Å². The van der Waals surface area contributed by atoms with Crippen molar-refractivity contribution in [3.05, 3.63) is 46.7 Å². The van der Waals surface area contributed by atoms with E-state index in [4.69, 9.17) is 16.7 Å². The van der Waals surface area contributed by atoms with Crippen molar-refractivity contribution in [2.24, 2.45) is 7.05 Å². The molecule has 0 aliphatic heterocycles. The lowest BCUT2D eigenvalue weighted by Crippen LogP contribution is -2.14. The molecular formula is C15H14ClN3O2. The van der Waals surface area contributed by atoms with Crippen LogP contribution in [0.3, 0.4) is 0 Å². The van der Waals surface area contributed by atoms with Gasteiger partial charge in [0.1, 0.15) is 0 Å². The van der Waals surface area contributed by atoms with Crippen molar-refractivity contribution in [2.45, 2.75) is 6.42 Å². The monoisotopic (exact) mass is 303 g/mol. The summed E-state index contributed by atoms with van der Waals surface area (Å²) in [6, 6.07) is 6.65. The predicted molar refractivity (Wildman–Crippen MR) is 81.2 cm³/mol. The quantitative estimate of drug-likeness (QED) is 0.853. The highest BCUT2D eigenvalue weighted by Gasteiger charge is 2.11. The van der Waals surface area contributed by atoms with Crippen LogP contribution in [-0.2, 0) is 7.05 Å². The summed E-state index contributed by atoms with van der Waals surface area (Å²) in [5.41, 5.74) is 1.47. The van der Waals surface area contributed by atoms with Crippen LogP contribution in [0.2, 0.25) is 5.02 Å². The molecule has 0 saturated heterocycles. The first-order chi connectivity index (χ1) is 10.1. The zero-order valence-corrected chi connectivity index (χ0v) is 12.2. The standard InChI is InChI=1S/C15H14ClN3O2/c1-19-8-7-14(18-19)15(21)17-13-6-5-12(16)10-11(13)4-2-3-9-20/h5-8,10,20H,3,9H2,1H3,(H,17,21). The lowest BCUT2D eigenvalue weighted by molar-refractivity contribution is 0.102. The molecule has 0 bridgehead atoms. The first kappa shape index (κ1) is 15.1. The number of aliphatic hydroxyl groups is 1. The minimum Gasteiger partial charge on any atom is -0.395 e. The number of hydrogen-bond donors (Lipinski definition) is 2. The summed E-state index contributed by atoms with van der Waals surface area (Å²) in [6.45, 7) is -0.0107. The van der Waals surface area contributed by atoms with Gasteiger partial charge in [0, 0.05) is 30.3 Å². The maximum absolute atomic E-state index is 12.1. The number of aliphatic hydroxyl groups excluding tert-OH is 1. The second kappa shape index (κ2) is 6.93. The molecule has 0 unspecified atom stereocenters. The molecule has 6 heteroatoms. The lowest BCUT2D eigenvalue weighted by Gasteiger charge is -2.06. The van der Waals surface area contributed by atoms with Crippen LogP contribution in [-0.4, -0.2) is 27.4 Å². The molecular weight excluding hydrogens is 290 g/mol. The molecule has 2 N–H and O–H groups in total. The molecule has 0 aliphatic carbocycles. The highest BCUT2D eigenvalue weighted by atomic mass is 35.5. The molecule has 2 aromatic rings. The van der Waals surface area contributed by atoms with E-state index in [1.54, 1.807) is 42.2 Å². The second-order valence-electron chi connectivity index (χ2n) is 4.29. The molecule has 108 valence electrons. The summed E-state index contributed by atoms with van der Waals surface area (Å²) in [7, 11) is 1.74. The largest absolute Gasteiger partial charge is 0.395 e. The van der Waals surface area contributed by atoms with Crippen molar-refractivity contribution < 1.29 is 9.90 Å². The molecule has 5 nitrogen and oxygen atoms in total. The third-order valence-corrected chi connectivity index (χ3v) is 2.87. The Morgan fingerprint density at radius 2 is 2.29 bits per heavy atom. The Labute approximate surface area is 127 Å². The number of nitrogens with one attached hydrogen (secondary N) is 1. The van der Waals surface area contributed by atoms with Crippen LogP contribution >= 0.6 is 11.6 Å². The van der Waals surface area contributed by atoms with Gasteiger partial charge in [-0.25, -0.2) is 0 Å². The number of hydrogen-bond acceptors (Lipinski definition) is 3. The van der Waals surface area contributed by atoms with E-state index in [-0.39, 0.29) is 12.5 Å². The van der Waals surface area contributed by atoms with E-state index < -0.39 is 0 Å². The fourth-order valence-corrected chi connectivity index (χ4v) is 1.84. The van der Waals surface area contributed by atoms with E-state index in [0.717, 1.165) is 0 Å². The van der Waals surface area contributed by atoms with Crippen LogP contribution in [0, 0.1) is 11.8 Å². The van der Waals surface area contributed by atoms with Crippen LogP contribution < -0.4 is 5.32 Å². The average molecular weight is 304 g/mol. The van der Waals surface area contributed by atoms with E-state index in [1.807, 2.05) is 0 Å². The Morgan fingerprint density at radius 1 is 1.48 bits per heavy atom. The Bertz CT molecular complexity index is 713. The number of halogens is 1. The second-order valence-corrected chi connectivity index (χ2v) is 4.73. The van der Waals surface area contributed by atoms with Gasteiger partial charge < -0.3 is 10.4 Å². The van der Waals surface area contributed by atoms with Gasteiger partial charge >= 0.3 is 0 Å². The van der Waals surface area contributed by atoms with Gasteiger partial charge in [-0.05, 0) is 24.3 Å². The zero-order valence-electron chi connectivity index (χ0n) is 11.4. The van der Waals surface area contributed by atoms with Crippen molar-refractivity contribution in [3.8, 4) is 11.8 Å². The minimum absolute atomic E-state index is 0.0107. The zero-order chi connectivity index (χ0) is 15.2. The summed E-state index contributed by atoms with van der Waals surface area (Å²) in [5.74, 6) is 5.37. The van der Waals surface area contributed by atoms with Gasteiger partial charge in [0.15, 0.2) is 5.69 Å². The number of rotatable bonds is 3. The van der Waals surface area contributed by atoms with Gasteiger partial charge in [-0.15, -0.1) is 0 Å². The number of nitrogens with zero attached hydrogens (tertiary/aromatic N) is 2. The maximum Gasteiger partial charge on any atom is 0.276 e. The Hall–Kier alpha value is -2.29. The van der Waals surface area contributed by atoms with Crippen LogP contribution in [0.5, 0.6) is 0 Å². The molecule has 0 aliphatic rings. The fraction of sp³-hybridized carbons (Fsp3) is 0.200. The molecule has 0 atom stereocenters. The molecule has 0 saturated carbocycles. The number of carbonyl (C=O) groups is 1. The summed E-state index contributed by atoms with van der Waals surface area (Å²) < 4.78 is 1.55. The molecule has 1 aromatic carbocycles. The van der Waals surface area contributed by atoms with Crippen molar-refractivity contribution in [1.29, 1.82) is 0 Å².